The van der Waals surface area contributed by atoms with Gasteiger partial charge in [-0.3, -0.25) is 4.79 Å². The molecule has 1 aliphatic heterocycles. The summed E-state index contributed by atoms with van der Waals surface area (Å²) in [5, 5.41) is 0. The van der Waals surface area contributed by atoms with Gasteiger partial charge >= 0.3 is 0 Å². The maximum absolute atomic E-state index is 12.1. The predicted octanol–water partition coefficient (Wildman–Crippen LogP) is 3.96. The van der Waals surface area contributed by atoms with Crippen LogP contribution in [0.1, 0.15) is 38.5 Å². The van der Waals surface area contributed by atoms with Crippen LogP contribution in [0.5, 0.6) is 0 Å². The summed E-state index contributed by atoms with van der Waals surface area (Å²) in [6.45, 7) is 1.95. The molecule has 0 spiro atoms. The first-order valence-corrected chi connectivity index (χ1v) is 8.30. The summed E-state index contributed by atoms with van der Waals surface area (Å²) in [6.07, 6.45) is 6.63. The molecule has 1 aromatic carbocycles. The monoisotopic (exact) mass is 277 g/mol. The fourth-order valence-electron chi connectivity index (χ4n) is 2.41. The van der Waals surface area contributed by atoms with E-state index in [1.807, 2.05) is 17.8 Å². The van der Waals surface area contributed by atoms with E-state index in [1.165, 1.54) is 30.6 Å². The molecule has 104 valence electrons. The van der Waals surface area contributed by atoms with E-state index in [0.29, 0.717) is 12.3 Å². The molecule has 0 aliphatic carbocycles. The van der Waals surface area contributed by atoms with Gasteiger partial charge in [-0.05, 0) is 37.1 Å². The fraction of sp³-hybridized carbons (Fsp3) is 0.562. The highest BCUT2D eigenvalue weighted by Gasteiger charge is 2.14. The zero-order valence-corrected chi connectivity index (χ0v) is 12.3. The van der Waals surface area contributed by atoms with Gasteiger partial charge in [0.05, 0.1) is 0 Å². The Morgan fingerprint density at radius 3 is 2.42 bits per heavy atom. The van der Waals surface area contributed by atoms with Crippen molar-refractivity contribution in [2.24, 2.45) is 0 Å². The summed E-state index contributed by atoms with van der Waals surface area (Å²) in [5.41, 5.74) is 0. The molecular formula is C16H23NOS. The molecule has 0 aromatic heterocycles. The van der Waals surface area contributed by atoms with Crippen molar-refractivity contribution >= 4 is 17.7 Å². The van der Waals surface area contributed by atoms with E-state index < -0.39 is 0 Å². The zero-order chi connectivity index (χ0) is 13.3. The molecule has 19 heavy (non-hydrogen) atoms. The van der Waals surface area contributed by atoms with Gasteiger partial charge in [-0.1, -0.05) is 31.0 Å². The molecule has 2 nitrogen and oxygen atoms in total. The third-order valence-corrected chi connectivity index (χ3v) is 4.60. The van der Waals surface area contributed by atoms with Crippen LogP contribution in [0.4, 0.5) is 0 Å². The van der Waals surface area contributed by atoms with Crippen LogP contribution in [-0.2, 0) is 4.79 Å². The van der Waals surface area contributed by atoms with E-state index in [9.17, 15) is 4.79 Å². The summed E-state index contributed by atoms with van der Waals surface area (Å²) in [4.78, 5) is 15.4. The van der Waals surface area contributed by atoms with Crippen LogP contribution in [0.25, 0.3) is 0 Å². The number of thioether (sulfide) groups is 1. The molecule has 1 heterocycles. The van der Waals surface area contributed by atoms with Gasteiger partial charge in [-0.15, -0.1) is 11.8 Å². The SMILES string of the molecule is O=C(CCCSc1ccccc1)N1CCCCCC1. The number of benzene rings is 1. The van der Waals surface area contributed by atoms with Crippen molar-refractivity contribution in [1.82, 2.24) is 4.90 Å². The van der Waals surface area contributed by atoms with Crippen LogP contribution >= 0.6 is 11.8 Å². The molecule has 0 radical (unpaired) electrons. The first-order chi connectivity index (χ1) is 9.36. The van der Waals surface area contributed by atoms with Crippen molar-refractivity contribution in [2.45, 2.75) is 43.4 Å². The van der Waals surface area contributed by atoms with Crippen molar-refractivity contribution in [2.75, 3.05) is 18.8 Å². The minimum atomic E-state index is 0.357. The van der Waals surface area contributed by atoms with Gasteiger partial charge in [0.25, 0.3) is 0 Å². The number of amides is 1. The molecule has 1 aromatic rings. The number of likely N-dealkylation sites (tertiary alicyclic amines) is 1. The fourth-order valence-corrected chi connectivity index (χ4v) is 3.28. The lowest BCUT2D eigenvalue weighted by Gasteiger charge is -2.20. The Kier molecular flexibility index (Phi) is 6.28. The normalized spacial score (nSPS) is 16.1. The highest BCUT2D eigenvalue weighted by Crippen LogP contribution is 2.19. The van der Waals surface area contributed by atoms with Crippen LogP contribution in [-0.4, -0.2) is 29.6 Å². The molecule has 0 unspecified atom stereocenters. The average Bonchev–Trinajstić information content (AvgIpc) is 2.73. The second-order valence-electron chi connectivity index (χ2n) is 5.06. The van der Waals surface area contributed by atoms with Crippen LogP contribution < -0.4 is 0 Å². The van der Waals surface area contributed by atoms with E-state index in [4.69, 9.17) is 0 Å². The summed E-state index contributed by atoms with van der Waals surface area (Å²) in [7, 11) is 0. The Balaban J connectivity index is 1.63. The Morgan fingerprint density at radius 1 is 1.05 bits per heavy atom. The zero-order valence-electron chi connectivity index (χ0n) is 11.5. The highest BCUT2D eigenvalue weighted by molar-refractivity contribution is 7.99. The maximum Gasteiger partial charge on any atom is 0.222 e. The average molecular weight is 277 g/mol. The van der Waals surface area contributed by atoms with Gasteiger partial charge in [0.1, 0.15) is 0 Å². The predicted molar refractivity (Wildman–Crippen MR) is 81.4 cm³/mol. The summed E-state index contributed by atoms with van der Waals surface area (Å²) >= 11 is 1.84. The summed E-state index contributed by atoms with van der Waals surface area (Å²) in [6, 6.07) is 10.4. The van der Waals surface area contributed by atoms with Gasteiger partial charge < -0.3 is 4.90 Å². The van der Waals surface area contributed by atoms with Gasteiger partial charge in [-0.25, -0.2) is 0 Å². The van der Waals surface area contributed by atoms with Crippen LogP contribution in [0.2, 0.25) is 0 Å². The van der Waals surface area contributed by atoms with E-state index in [2.05, 4.69) is 29.2 Å². The molecule has 1 aliphatic rings. The quantitative estimate of drug-likeness (QED) is 0.600. The van der Waals surface area contributed by atoms with Crippen molar-refractivity contribution in [3.63, 3.8) is 0 Å². The number of hydrogen-bond acceptors (Lipinski definition) is 2. The number of carbonyl (C=O) groups excluding carboxylic acids is 1. The molecule has 0 N–H and O–H groups in total. The van der Waals surface area contributed by atoms with Gasteiger partial charge in [0.15, 0.2) is 0 Å². The van der Waals surface area contributed by atoms with E-state index in [-0.39, 0.29) is 0 Å². The lowest BCUT2D eigenvalue weighted by Crippen LogP contribution is -2.31. The molecule has 1 amide bonds. The minimum Gasteiger partial charge on any atom is -0.343 e. The first kappa shape index (κ1) is 14.4. The third kappa shape index (κ3) is 5.27. The van der Waals surface area contributed by atoms with Gasteiger partial charge in [-0.2, -0.15) is 0 Å². The molecule has 0 bridgehead atoms. The largest absolute Gasteiger partial charge is 0.343 e. The van der Waals surface area contributed by atoms with Gasteiger partial charge in [0.2, 0.25) is 5.91 Å². The highest BCUT2D eigenvalue weighted by atomic mass is 32.2. The Morgan fingerprint density at radius 2 is 1.74 bits per heavy atom. The molecular weight excluding hydrogens is 254 g/mol. The van der Waals surface area contributed by atoms with Crippen LogP contribution in [0.3, 0.4) is 0 Å². The second-order valence-corrected chi connectivity index (χ2v) is 6.23. The van der Waals surface area contributed by atoms with E-state index >= 15 is 0 Å². The Hall–Kier alpha value is -0.960. The molecule has 0 atom stereocenters. The van der Waals surface area contributed by atoms with Crippen molar-refractivity contribution in [3.8, 4) is 0 Å². The standard InChI is InChI=1S/C16H23NOS/c18-16(17-12-6-1-2-7-13-17)11-8-14-19-15-9-4-3-5-10-15/h3-5,9-10H,1-2,6-8,11-14H2. The van der Waals surface area contributed by atoms with Crippen LogP contribution in [0.15, 0.2) is 35.2 Å². The van der Waals surface area contributed by atoms with Crippen molar-refractivity contribution < 1.29 is 4.79 Å². The third-order valence-electron chi connectivity index (χ3n) is 3.51. The summed E-state index contributed by atoms with van der Waals surface area (Å²) in [5.74, 6) is 1.39. The lowest BCUT2D eigenvalue weighted by atomic mass is 10.2. The maximum atomic E-state index is 12.1. The van der Waals surface area contributed by atoms with Crippen molar-refractivity contribution in [3.05, 3.63) is 30.3 Å². The minimum absolute atomic E-state index is 0.357. The smallest absolute Gasteiger partial charge is 0.222 e. The Labute approximate surface area is 120 Å². The number of nitrogens with zero attached hydrogens (tertiary/aromatic N) is 1. The number of rotatable bonds is 5. The molecule has 0 saturated carbocycles. The number of hydrogen-bond donors (Lipinski definition) is 0. The summed E-state index contributed by atoms with van der Waals surface area (Å²) < 4.78 is 0. The first-order valence-electron chi connectivity index (χ1n) is 7.32. The molecule has 1 fully saturated rings. The lowest BCUT2D eigenvalue weighted by molar-refractivity contribution is -0.131. The topological polar surface area (TPSA) is 20.3 Å². The van der Waals surface area contributed by atoms with E-state index in [0.717, 1.165) is 25.3 Å². The second kappa shape index (κ2) is 8.26. The molecule has 1 saturated heterocycles. The van der Waals surface area contributed by atoms with E-state index in [1.54, 1.807) is 0 Å². The Bertz CT molecular complexity index is 372. The number of carbonyl (C=O) groups is 1. The van der Waals surface area contributed by atoms with Crippen molar-refractivity contribution in [1.29, 1.82) is 0 Å². The molecule has 3 heteroatoms. The van der Waals surface area contributed by atoms with Gasteiger partial charge in [0, 0.05) is 24.4 Å². The molecule has 2 rings (SSSR count). The van der Waals surface area contributed by atoms with Crippen LogP contribution in [0, 0.1) is 0 Å².